The first kappa shape index (κ1) is 48.1. The minimum atomic E-state index is -1.18. The van der Waals surface area contributed by atoms with Gasteiger partial charge in [-0.3, -0.25) is 29.4 Å². The van der Waals surface area contributed by atoms with Gasteiger partial charge in [-0.1, -0.05) is 6.42 Å². The summed E-state index contributed by atoms with van der Waals surface area (Å²) >= 11 is 0. The number of carboxylic acids is 5. The molecule has 0 amide bonds. The number of nitrogens with one attached hydrogen (secondary N) is 2. The number of aliphatic hydroxyl groups excluding tert-OH is 2. The largest absolute Gasteiger partial charge is 0.480 e. The zero-order valence-electron chi connectivity index (χ0n) is 23.5. The third kappa shape index (κ3) is 43.4. The van der Waals surface area contributed by atoms with Crippen LogP contribution in [0, 0.1) is 5.41 Å². The Hall–Kier alpha value is -3.70. The van der Waals surface area contributed by atoms with Crippen molar-refractivity contribution < 1.29 is 59.7 Å². The van der Waals surface area contributed by atoms with Crippen LogP contribution in [0.3, 0.4) is 0 Å². The topological polar surface area (TPSA) is 445 Å². The zero-order chi connectivity index (χ0) is 34.4. The molecule has 0 bridgehead atoms. The number of aliphatic carboxylic acids is 5. The number of carbonyl (C=O) groups is 5. The average Bonchev–Trinajstić information content (AvgIpc) is 2.90. The number of hydrogen-bond acceptors (Lipinski definition) is 14. The highest BCUT2D eigenvalue weighted by molar-refractivity contribution is 5.75. The molecule has 21 heteroatoms. The lowest BCUT2D eigenvalue weighted by Gasteiger charge is -2.06. The van der Waals surface area contributed by atoms with Gasteiger partial charge in [-0.25, -0.2) is 0 Å². The summed E-state index contributed by atoms with van der Waals surface area (Å²) in [4.78, 5) is 49.1. The van der Waals surface area contributed by atoms with Gasteiger partial charge in [0.1, 0.15) is 24.2 Å². The van der Waals surface area contributed by atoms with Crippen molar-refractivity contribution in [3.05, 3.63) is 0 Å². The van der Waals surface area contributed by atoms with E-state index in [4.69, 9.17) is 75.6 Å². The SMILES string of the molecule is CC(O)C(N)C(=O)O.N=C(N)NCCCC(N)C(=O)O.NC(CO)C(=O)O.NCC(=O)O.NCCCCC(N)C(=O)O. The van der Waals surface area contributed by atoms with Crippen LogP contribution in [0.15, 0.2) is 0 Å². The number of aliphatic hydroxyl groups is 2. The molecule has 0 radical (unpaired) electrons. The van der Waals surface area contributed by atoms with E-state index in [0.29, 0.717) is 32.4 Å². The summed E-state index contributed by atoms with van der Waals surface area (Å²) < 4.78 is 0. The van der Waals surface area contributed by atoms with Crippen LogP contribution < -0.4 is 45.5 Å². The molecule has 0 aromatic carbocycles. The Morgan fingerprint density at radius 3 is 1.31 bits per heavy atom. The second-order valence-corrected chi connectivity index (χ2v) is 7.99. The van der Waals surface area contributed by atoms with E-state index in [1.807, 2.05) is 0 Å². The van der Waals surface area contributed by atoms with Crippen molar-refractivity contribution >= 4 is 35.8 Å². The number of guanidine groups is 1. The molecule has 0 spiro atoms. The number of carboxylic acid groups (broad SMARTS) is 5. The smallest absolute Gasteiger partial charge is 0.323 e. The van der Waals surface area contributed by atoms with E-state index < -0.39 is 66.7 Å². The number of nitrogens with two attached hydrogens (primary N) is 7. The lowest BCUT2D eigenvalue weighted by Crippen LogP contribution is -2.39. The van der Waals surface area contributed by atoms with E-state index in [-0.39, 0.29) is 12.5 Å². The maximum absolute atomic E-state index is 10.2. The summed E-state index contributed by atoms with van der Waals surface area (Å²) in [5.74, 6) is -5.37. The molecule has 0 aliphatic carbocycles. The molecule has 0 saturated carbocycles. The van der Waals surface area contributed by atoms with Gasteiger partial charge in [-0.15, -0.1) is 0 Å². The van der Waals surface area contributed by atoms with Gasteiger partial charge in [0.15, 0.2) is 5.96 Å². The predicted molar refractivity (Wildman–Crippen MR) is 150 cm³/mol. The fraction of sp³-hybridized carbons (Fsp3) is 0.714. The fourth-order valence-electron chi connectivity index (χ4n) is 1.59. The van der Waals surface area contributed by atoms with Gasteiger partial charge in [0.05, 0.1) is 19.3 Å². The molecular weight excluding hydrogens is 570 g/mol. The van der Waals surface area contributed by atoms with Crippen molar-refractivity contribution in [3.63, 3.8) is 0 Å². The predicted octanol–water partition coefficient (Wildman–Crippen LogP) is -5.61. The van der Waals surface area contributed by atoms with Crippen molar-refractivity contribution in [2.45, 2.75) is 69.3 Å². The summed E-state index contributed by atoms with van der Waals surface area (Å²) in [5.41, 5.74) is 34.9. The van der Waals surface area contributed by atoms with Crippen molar-refractivity contribution in [1.82, 2.24) is 5.32 Å². The molecule has 23 N–H and O–H groups in total. The summed E-state index contributed by atoms with van der Waals surface area (Å²) in [5, 5.41) is 66.1. The first-order valence-corrected chi connectivity index (χ1v) is 12.1. The summed E-state index contributed by atoms with van der Waals surface area (Å²) in [6.07, 6.45) is 2.16. The molecule has 5 unspecified atom stereocenters. The van der Waals surface area contributed by atoms with E-state index in [1.165, 1.54) is 6.92 Å². The van der Waals surface area contributed by atoms with Gasteiger partial charge in [0.25, 0.3) is 0 Å². The van der Waals surface area contributed by atoms with Crippen LogP contribution in [0.1, 0.15) is 39.0 Å². The molecule has 21 nitrogen and oxygen atoms in total. The van der Waals surface area contributed by atoms with Crippen LogP contribution in [0.25, 0.3) is 0 Å². The molecule has 0 aromatic rings. The maximum Gasteiger partial charge on any atom is 0.323 e. The lowest BCUT2D eigenvalue weighted by molar-refractivity contribution is -0.141. The van der Waals surface area contributed by atoms with Gasteiger partial charge in [0, 0.05) is 6.54 Å². The van der Waals surface area contributed by atoms with E-state index >= 15 is 0 Å². The molecule has 0 aliphatic rings. The Labute approximate surface area is 242 Å². The zero-order valence-corrected chi connectivity index (χ0v) is 23.5. The summed E-state index contributed by atoms with van der Waals surface area (Å²) in [6.45, 7) is 1.64. The van der Waals surface area contributed by atoms with Crippen molar-refractivity contribution in [2.75, 3.05) is 26.2 Å². The van der Waals surface area contributed by atoms with Gasteiger partial charge in [0.2, 0.25) is 0 Å². The van der Waals surface area contributed by atoms with Crippen molar-refractivity contribution in [2.24, 2.45) is 40.1 Å². The second kappa shape index (κ2) is 31.8. The van der Waals surface area contributed by atoms with Crippen molar-refractivity contribution in [1.29, 1.82) is 5.41 Å². The minimum Gasteiger partial charge on any atom is -0.480 e. The Morgan fingerprint density at radius 1 is 0.738 bits per heavy atom. The van der Waals surface area contributed by atoms with E-state index in [9.17, 15) is 24.0 Å². The molecular formula is C21H49N9O12. The standard InChI is InChI=1S/C6H14N4O2.C6H14N2O2.C4H9NO3.C3H7NO3.C2H5NO2/c7-4(5(11)12)2-1-3-10-6(8)9;7-4-2-1-3-5(8)6(9)10;1-2(6)3(5)4(7)8;4-2(1-5)3(6)7;3-1-2(4)5/h4H,1-3,7H2,(H,11,12)(H4,8,9,10);5H,1-4,7-8H2,(H,9,10);2-3,6H,5H2,1H3,(H,7,8);2,5H,1,4H2,(H,6,7);1,3H2,(H,4,5). The molecule has 0 aromatic heterocycles. The van der Waals surface area contributed by atoms with E-state index in [1.54, 1.807) is 0 Å². The molecule has 0 rings (SSSR count). The normalized spacial score (nSPS) is 13.0. The van der Waals surface area contributed by atoms with Crippen molar-refractivity contribution in [3.8, 4) is 0 Å². The fourth-order valence-corrected chi connectivity index (χ4v) is 1.59. The van der Waals surface area contributed by atoms with Gasteiger partial charge < -0.3 is 81.2 Å². The van der Waals surface area contributed by atoms with Crippen LogP contribution >= 0.6 is 0 Å². The number of unbranched alkanes of at least 4 members (excludes halogenated alkanes) is 1. The summed E-state index contributed by atoms with van der Waals surface area (Å²) in [7, 11) is 0. The molecule has 42 heavy (non-hydrogen) atoms. The second-order valence-electron chi connectivity index (χ2n) is 7.99. The van der Waals surface area contributed by atoms with Crippen LogP contribution in [0.4, 0.5) is 0 Å². The van der Waals surface area contributed by atoms with Crippen LogP contribution in [0.5, 0.6) is 0 Å². The Balaban J connectivity index is -0.000000140. The quantitative estimate of drug-likeness (QED) is 0.0461. The van der Waals surface area contributed by atoms with Gasteiger partial charge >= 0.3 is 29.8 Å². The first-order chi connectivity index (χ1) is 19.2. The molecule has 5 atom stereocenters. The molecule has 0 saturated heterocycles. The van der Waals surface area contributed by atoms with E-state index in [0.717, 1.165) is 12.8 Å². The van der Waals surface area contributed by atoms with Crippen LogP contribution in [0.2, 0.25) is 0 Å². The minimum absolute atomic E-state index is 0.112. The molecule has 0 fully saturated rings. The average molecular weight is 620 g/mol. The van der Waals surface area contributed by atoms with Gasteiger partial charge in [-0.05, 0) is 39.2 Å². The monoisotopic (exact) mass is 619 g/mol. The highest BCUT2D eigenvalue weighted by atomic mass is 16.4. The Bertz CT molecular complexity index is 760. The van der Waals surface area contributed by atoms with Crippen LogP contribution in [-0.4, -0.2) is 128 Å². The number of rotatable bonds is 15. The Kier molecular flexibility index (Phi) is 36.4. The van der Waals surface area contributed by atoms with Gasteiger partial charge in [-0.2, -0.15) is 0 Å². The van der Waals surface area contributed by atoms with E-state index in [2.05, 4.69) is 11.1 Å². The van der Waals surface area contributed by atoms with Crippen LogP contribution in [-0.2, 0) is 24.0 Å². The Morgan fingerprint density at radius 2 is 1.12 bits per heavy atom. The first-order valence-electron chi connectivity index (χ1n) is 12.1. The highest BCUT2D eigenvalue weighted by Gasteiger charge is 2.16. The molecule has 0 heterocycles. The third-order valence-electron chi connectivity index (χ3n) is 4.10. The third-order valence-corrected chi connectivity index (χ3v) is 4.10. The molecule has 0 aliphatic heterocycles. The molecule has 250 valence electrons. The lowest BCUT2D eigenvalue weighted by atomic mass is 10.1. The summed E-state index contributed by atoms with van der Waals surface area (Å²) in [6, 6.07) is -3.82. The number of hydrogen-bond donors (Lipinski definition) is 16. The highest BCUT2D eigenvalue weighted by Crippen LogP contribution is 1.97. The maximum atomic E-state index is 10.2.